The first-order valence-electron chi connectivity index (χ1n) is 5.11. The number of hydrogen-bond acceptors (Lipinski definition) is 2. The van der Waals surface area contributed by atoms with Crippen LogP contribution < -0.4 is 4.72 Å². The van der Waals surface area contributed by atoms with Gasteiger partial charge in [0.2, 0.25) is 10.0 Å². The zero-order valence-electron chi connectivity index (χ0n) is 9.62. The highest BCUT2D eigenvalue weighted by Crippen LogP contribution is 2.16. The van der Waals surface area contributed by atoms with Gasteiger partial charge in [0.05, 0.1) is 5.75 Å². The highest BCUT2D eigenvalue weighted by Gasteiger charge is 2.14. The van der Waals surface area contributed by atoms with Crippen molar-refractivity contribution >= 4 is 10.0 Å². The predicted octanol–water partition coefficient (Wildman–Crippen LogP) is 2.13. The summed E-state index contributed by atoms with van der Waals surface area (Å²) in [5.74, 6) is -0.300. The topological polar surface area (TPSA) is 46.2 Å². The summed E-state index contributed by atoms with van der Waals surface area (Å²) in [7, 11) is -3.26. The molecule has 1 aromatic carbocycles. The van der Waals surface area contributed by atoms with E-state index in [-0.39, 0.29) is 11.6 Å². The second kappa shape index (κ2) is 4.93. The highest BCUT2D eigenvalue weighted by atomic mass is 32.2. The molecule has 90 valence electrons. The minimum atomic E-state index is -3.26. The Morgan fingerprint density at radius 3 is 2.56 bits per heavy atom. The van der Waals surface area contributed by atoms with Gasteiger partial charge in [-0.15, -0.1) is 0 Å². The average Bonchev–Trinajstić information content (AvgIpc) is 2.21. The van der Waals surface area contributed by atoms with Crippen molar-refractivity contribution in [2.45, 2.75) is 26.8 Å². The van der Waals surface area contributed by atoms with E-state index in [1.807, 2.05) is 0 Å². The SMILES string of the molecule is CCS(=O)(=O)NC(C)c1ccc(C)c(F)c1. The molecule has 1 aromatic rings. The molecule has 1 atom stereocenters. The van der Waals surface area contributed by atoms with Gasteiger partial charge in [0.25, 0.3) is 0 Å². The molecule has 16 heavy (non-hydrogen) atoms. The van der Waals surface area contributed by atoms with Crippen LogP contribution in [0.3, 0.4) is 0 Å². The van der Waals surface area contributed by atoms with Crippen molar-refractivity contribution in [1.82, 2.24) is 4.72 Å². The second-order valence-electron chi connectivity index (χ2n) is 3.75. The van der Waals surface area contributed by atoms with E-state index in [0.29, 0.717) is 11.1 Å². The number of benzene rings is 1. The Hall–Kier alpha value is -0.940. The van der Waals surface area contributed by atoms with Crippen molar-refractivity contribution in [2.75, 3.05) is 5.75 Å². The Balaban J connectivity index is 2.89. The van der Waals surface area contributed by atoms with Crippen molar-refractivity contribution in [2.24, 2.45) is 0 Å². The van der Waals surface area contributed by atoms with Gasteiger partial charge in [0.1, 0.15) is 5.82 Å². The molecule has 0 heterocycles. The number of nitrogens with one attached hydrogen (secondary N) is 1. The third-order valence-corrected chi connectivity index (χ3v) is 3.91. The zero-order chi connectivity index (χ0) is 12.3. The fourth-order valence-electron chi connectivity index (χ4n) is 1.30. The molecular weight excluding hydrogens is 229 g/mol. The van der Waals surface area contributed by atoms with Crippen LogP contribution in [0.2, 0.25) is 0 Å². The van der Waals surface area contributed by atoms with E-state index in [2.05, 4.69) is 4.72 Å². The van der Waals surface area contributed by atoms with Gasteiger partial charge in [-0.3, -0.25) is 0 Å². The fraction of sp³-hybridized carbons (Fsp3) is 0.455. The average molecular weight is 245 g/mol. The van der Waals surface area contributed by atoms with E-state index in [1.165, 1.54) is 6.07 Å². The van der Waals surface area contributed by atoms with Crippen molar-refractivity contribution in [1.29, 1.82) is 0 Å². The van der Waals surface area contributed by atoms with Gasteiger partial charge >= 0.3 is 0 Å². The lowest BCUT2D eigenvalue weighted by Crippen LogP contribution is -2.28. The van der Waals surface area contributed by atoms with Crippen LogP contribution in [0.25, 0.3) is 0 Å². The van der Waals surface area contributed by atoms with Crippen molar-refractivity contribution in [3.63, 3.8) is 0 Å². The summed E-state index contributed by atoms with van der Waals surface area (Å²) in [5.41, 5.74) is 1.18. The molecular formula is C11H16FNO2S. The monoisotopic (exact) mass is 245 g/mol. The first-order chi connectivity index (χ1) is 7.35. The van der Waals surface area contributed by atoms with Crippen molar-refractivity contribution in [3.8, 4) is 0 Å². The van der Waals surface area contributed by atoms with Crippen molar-refractivity contribution < 1.29 is 12.8 Å². The quantitative estimate of drug-likeness (QED) is 0.883. The standard InChI is InChI=1S/C11H16FNO2S/c1-4-16(14,15)13-9(3)10-6-5-8(2)11(12)7-10/h5-7,9,13H,4H2,1-3H3. The number of rotatable bonds is 4. The maximum absolute atomic E-state index is 13.3. The molecule has 1 N–H and O–H groups in total. The van der Waals surface area contributed by atoms with E-state index < -0.39 is 16.1 Å². The summed E-state index contributed by atoms with van der Waals surface area (Å²) < 4.78 is 38.4. The molecule has 0 radical (unpaired) electrons. The molecule has 0 amide bonds. The molecule has 0 bridgehead atoms. The van der Waals surface area contributed by atoms with Crippen LogP contribution in [0, 0.1) is 12.7 Å². The summed E-state index contributed by atoms with van der Waals surface area (Å²) in [6.07, 6.45) is 0. The minimum absolute atomic E-state index is 0.0195. The molecule has 0 saturated heterocycles. The molecule has 0 aromatic heterocycles. The van der Waals surface area contributed by atoms with Crippen LogP contribution >= 0.6 is 0 Å². The van der Waals surface area contributed by atoms with Crippen LogP contribution in [-0.2, 0) is 10.0 Å². The van der Waals surface area contributed by atoms with Gasteiger partial charge in [0.15, 0.2) is 0 Å². The first-order valence-corrected chi connectivity index (χ1v) is 6.77. The molecule has 0 spiro atoms. The first kappa shape index (κ1) is 13.1. The Morgan fingerprint density at radius 2 is 2.06 bits per heavy atom. The van der Waals surface area contributed by atoms with Crippen molar-refractivity contribution in [3.05, 3.63) is 35.1 Å². The normalized spacial score (nSPS) is 13.8. The van der Waals surface area contributed by atoms with E-state index in [4.69, 9.17) is 0 Å². The Morgan fingerprint density at radius 1 is 1.44 bits per heavy atom. The summed E-state index contributed by atoms with van der Waals surface area (Å²) in [6, 6.07) is 4.31. The van der Waals surface area contributed by atoms with Crippen LogP contribution in [0.5, 0.6) is 0 Å². The van der Waals surface area contributed by atoms with E-state index in [9.17, 15) is 12.8 Å². The van der Waals surface area contributed by atoms with Crippen LogP contribution in [0.4, 0.5) is 4.39 Å². The van der Waals surface area contributed by atoms with Gasteiger partial charge in [-0.2, -0.15) is 0 Å². The maximum atomic E-state index is 13.3. The Bertz CT molecular complexity index is 471. The predicted molar refractivity (Wildman–Crippen MR) is 62.1 cm³/mol. The number of halogens is 1. The lowest BCUT2D eigenvalue weighted by Gasteiger charge is -2.14. The van der Waals surface area contributed by atoms with Gasteiger partial charge in [0, 0.05) is 6.04 Å². The molecule has 0 aliphatic heterocycles. The van der Waals surface area contributed by atoms with E-state index in [0.717, 1.165) is 0 Å². The van der Waals surface area contributed by atoms with Gasteiger partial charge in [-0.25, -0.2) is 17.5 Å². The van der Waals surface area contributed by atoms with Crippen LogP contribution in [0.1, 0.15) is 31.0 Å². The van der Waals surface area contributed by atoms with Crippen LogP contribution in [-0.4, -0.2) is 14.2 Å². The Kier molecular flexibility index (Phi) is 4.04. The lowest BCUT2D eigenvalue weighted by molar-refractivity contribution is 0.565. The molecule has 0 fully saturated rings. The molecule has 0 saturated carbocycles. The second-order valence-corrected chi connectivity index (χ2v) is 5.79. The maximum Gasteiger partial charge on any atom is 0.211 e. The molecule has 0 aliphatic carbocycles. The summed E-state index contributed by atoms with van der Waals surface area (Å²) in [6.45, 7) is 4.92. The molecule has 5 heteroatoms. The van der Waals surface area contributed by atoms with Crippen LogP contribution in [0.15, 0.2) is 18.2 Å². The van der Waals surface area contributed by atoms with Gasteiger partial charge < -0.3 is 0 Å². The zero-order valence-corrected chi connectivity index (χ0v) is 10.4. The third kappa shape index (κ3) is 3.28. The molecule has 0 aliphatic rings. The van der Waals surface area contributed by atoms with Gasteiger partial charge in [-0.05, 0) is 38.0 Å². The third-order valence-electron chi connectivity index (χ3n) is 2.43. The number of hydrogen-bond donors (Lipinski definition) is 1. The highest BCUT2D eigenvalue weighted by molar-refractivity contribution is 7.89. The summed E-state index contributed by atoms with van der Waals surface area (Å²) in [5, 5.41) is 0. The largest absolute Gasteiger partial charge is 0.212 e. The minimum Gasteiger partial charge on any atom is -0.212 e. The lowest BCUT2D eigenvalue weighted by atomic mass is 10.1. The molecule has 1 unspecified atom stereocenters. The summed E-state index contributed by atoms with van der Waals surface area (Å²) in [4.78, 5) is 0. The number of sulfonamides is 1. The van der Waals surface area contributed by atoms with E-state index in [1.54, 1.807) is 32.9 Å². The molecule has 1 rings (SSSR count). The van der Waals surface area contributed by atoms with E-state index >= 15 is 0 Å². The smallest absolute Gasteiger partial charge is 0.211 e. The number of aryl methyl sites for hydroxylation is 1. The summed E-state index contributed by atoms with van der Waals surface area (Å²) >= 11 is 0. The van der Waals surface area contributed by atoms with Gasteiger partial charge in [-0.1, -0.05) is 12.1 Å². The fourth-order valence-corrected chi connectivity index (χ4v) is 2.14. The Labute approximate surface area is 95.7 Å². The molecule has 3 nitrogen and oxygen atoms in total.